The first-order valence-corrected chi connectivity index (χ1v) is 13.1. The van der Waals surface area contributed by atoms with E-state index in [1.54, 1.807) is 0 Å². The summed E-state index contributed by atoms with van der Waals surface area (Å²) < 4.78 is 5.47. The van der Waals surface area contributed by atoms with Gasteiger partial charge < -0.3 is 25.4 Å². The van der Waals surface area contributed by atoms with Gasteiger partial charge >= 0.3 is 5.97 Å². The van der Waals surface area contributed by atoms with E-state index in [4.69, 9.17) is 4.74 Å². The first kappa shape index (κ1) is 28.8. The van der Waals surface area contributed by atoms with Gasteiger partial charge in [0.1, 0.15) is 24.8 Å². The highest BCUT2D eigenvalue weighted by Gasteiger charge is 2.40. The Balaban J connectivity index is 1.57. The molecule has 4 atom stereocenters. The molecule has 0 saturated carbocycles. The summed E-state index contributed by atoms with van der Waals surface area (Å²) in [4.78, 5) is 52.8. The van der Waals surface area contributed by atoms with Crippen molar-refractivity contribution < 1.29 is 29.0 Å². The van der Waals surface area contributed by atoms with Crippen LogP contribution in [0.1, 0.15) is 50.7 Å². The molecule has 0 spiro atoms. The van der Waals surface area contributed by atoms with Gasteiger partial charge in [0, 0.05) is 13.1 Å². The van der Waals surface area contributed by atoms with Crippen LogP contribution >= 0.6 is 0 Å². The minimum atomic E-state index is -1.62. The lowest BCUT2D eigenvalue weighted by molar-refractivity contribution is -0.156. The molecular formula is C29H37N3O6. The van der Waals surface area contributed by atoms with E-state index in [0.29, 0.717) is 25.8 Å². The van der Waals surface area contributed by atoms with Gasteiger partial charge in [0.2, 0.25) is 17.7 Å². The van der Waals surface area contributed by atoms with Crippen molar-refractivity contribution in [1.29, 1.82) is 0 Å². The van der Waals surface area contributed by atoms with Gasteiger partial charge in [0.05, 0.1) is 6.42 Å². The predicted molar refractivity (Wildman–Crippen MR) is 141 cm³/mol. The molecule has 1 aliphatic heterocycles. The SMILES string of the molecule is CC[C@H](C)[C@H](NC(=O)[C@@H](O)CC(=O)NCc1ccccc1)C(=O)N1CCC[C@H]1C(=O)OCc1ccccc1. The first-order chi connectivity index (χ1) is 18.3. The van der Waals surface area contributed by atoms with Gasteiger partial charge in [-0.05, 0) is 29.9 Å². The van der Waals surface area contributed by atoms with Crippen molar-refractivity contribution in [3.63, 3.8) is 0 Å². The van der Waals surface area contributed by atoms with E-state index in [0.717, 1.165) is 11.1 Å². The number of carbonyl (C=O) groups is 4. The van der Waals surface area contributed by atoms with Crippen LogP contribution < -0.4 is 10.6 Å². The number of esters is 1. The lowest BCUT2D eigenvalue weighted by atomic mass is 9.97. The molecule has 1 saturated heterocycles. The van der Waals surface area contributed by atoms with Crippen LogP contribution in [0.4, 0.5) is 0 Å². The summed E-state index contributed by atoms with van der Waals surface area (Å²) >= 11 is 0. The summed E-state index contributed by atoms with van der Waals surface area (Å²) in [6, 6.07) is 16.9. The van der Waals surface area contributed by atoms with Gasteiger partial charge in [-0.15, -0.1) is 0 Å². The van der Waals surface area contributed by atoms with Crippen molar-refractivity contribution in [2.75, 3.05) is 6.54 Å². The maximum atomic E-state index is 13.5. The van der Waals surface area contributed by atoms with Gasteiger partial charge in [0.25, 0.3) is 0 Å². The quantitative estimate of drug-likeness (QED) is 0.367. The fourth-order valence-corrected chi connectivity index (χ4v) is 4.35. The van der Waals surface area contributed by atoms with Crippen LogP contribution in [0, 0.1) is 5.92 Å². The minimum absolute atomic E-state index is 0.113. The zero-order chi connectivity index (χ0) is 27.5. The molecule has 2 aromatic rings. The molecule has 1 aliphatic rings. The second-order valence-corrected chi connectivity index (χ2v) is 9.64. The topological polar surface area (TPSA) is 125 Å². The monoisotopic (exact) mass is 523 g/mol. The molecule has 0 bridgehead atoms. The highest BCUT2D eigenvalue weighted by atomic mass is 16.5. The molecule has 3 amide bonds. The Morgan fingerprint density at radius 3 is 2.29 bits per heavy atom. The Bertz CT molecular complexity index is 1080. The van der Waals surface area contributed by atoms with Crippen LogP contribution in [0.3, 0.4) is 0 Å². The van der Waals surface area contributed by atoms with E-state index >= 15 is 0 Å². The molecule has 9 heteroatoms. The van der Waals surface area contributed by atoms with Gasteiger partial charge in [-0.1, -0.05) is 80.9 Å². The smallest absolute Gasteiger partial charge is 0.329 e. The van der Waals surface area contributed by atoms with Crippen molar-refractivity contribution in [2.24, 2.45) is 5.92 Å². The Kier molecular flexibility index (Phi) is 10.8. The Morgan fingerprint density at radius 2 is 1.66 bits per heavy atom. The number of hydrogen-bond donors (Lipinski definition) is 3. The summed E-state index contributed by atoms with van der Waals surface area (Å²) in [5.74, 6) is -2.42. The number of rotatable bonds is 12. The molecule has 3 rings (SSSR count). The molecule has 1 heterocycles. The molecular weight excluding hydrogens is 486 g/mol. The Hall–Kier alpha value is -3.72. The number of nitrogens with one attached hydrogen (secondary N) is 2. The zero-order valence-electron chi connectivity index (χ0n) is 22.0. The lowest BCUT2D eigenvalue weighted by Crippen LogP contribution is -2.56. The van der Waals surface area contributed by atoms with Crippen LogP contribution in [-0.2, 0) is 37.1 Å². The molecule has 204 valence electrons. The van der Waals surface area contributed by atoms with Crippen molar-refractivity contribution >= 4 is 23.7 Å². The van der Waals surface area contributed by atoms with E-state index in [9.17, 15) is 24.3 Å². The fourth-order valence-electron chi connectivity index (χ4n) is 4.35. The largest absolute Gasteiger partial charge is 0.459 e. The normalized spacial score (nSPS) is 17.2. The molecule has 1 fully saturated rings. The Labute approximate surface area is 223 Å². The lowest BCUT2D eigenvalue weighted by Gasteiger charge is -2.31. The second-order valence-electron chi connectivity index (χ2n) is 9.64. The number of aliphatic hydroxyl groups is 1. The third-order valence-electron chi connectivity index (χ3n) is 6.82. The van der Waals surface area contributed by atoms with Gasteiger partial charge in [-0.3, -0.25) is 14.4 Å². The average Bonchev–Trinajstić information content (AvgIpc) is 3.44. The van der Waals surface area contributed by atoms with Gasteiger partial charge in [0.15, 0.2) is 0 Å². The van der Waals surface area contributed by atoms with E-state index in [-0.39, 0.29) is 19.1 Å². The summed E-state index contributed by atoms with van der Waals surface area (Å²) in [5, 5.41) is 15.7. The van der Waals surface area contributed by atoms with E-state index in [1.165, 1.54) is 4.90 Å². The Morgan fingerprint density at radius 1 is 1.03 bits per heavy atom. The molecule has 9 nitrogen and oxygen atoms in total. The van der Waals surface area contributed by atoms with Gasteiger partial charge in [-0.25, -0.2) is 4.79 Å². The van der Waals surface area contributed by atoms with E-state index < -0.39 is 48.3 Å². The zero-order valence-corrected chi connectivity index (χ0v) is 22.0. The standard InChI is InChI=1S/C29H37N3O6/c1-3-20(2)26(31-27(35)24(33)17-25(34)30-18-21-11-6-4-7-12-21)28(36)32-16-10-15-23(32)29(37)38-19-22-13-8-5-9-14-22/h4-9,11-14,20,23-24,26,33H,3,10,15-19H2,1-2H3,(H,30,34)(H,31,35)/t20-,23-,24-,26-/m0/s1. The number of amides is 3. The number of hydrogen-bond acceptors (Lipinski definition) is 6. The number of aliphatic hydroxyl groups excluding tert-OH is 1. The van der Waals surface area contributed by atoms with Crippen molar-refractivity contribution in [1.82, 2.24) is 15.5 Å². The number of carbonyl (C=O) groups excluding carboxylic acids is 4. The molecule has 0 aromatic heterocycles. The number of ether oxygens (including phenoxy) is 1. The molecule has 0 radical (unpaired) electrons. The molecule has 38 heavy (non-hydrogen) atoms. The van der Waals surface area contributed by atoms with Gasteiger partial charge in [-0.2, -0.15) is 0 Å². The third-order valence-corrected chi connectivity index (χ3v) is 6.82. The van der Waals surface area contributed by atoms with Crippen molar-refractivity contribution in [2.45, 2.75) is 70.9 Å². The summed E-state index contributed by atoms with van der Waals surface area (Å²) in [5.41, 5.74) is 1.74. The van der Waals surface area contributed by atoms with E-state index in [2.05, 4.69) is 10.6 Å². The van der Waals surface area contributed by atoms with Crippen molar-refractivity contribution in [3.8, 4) is 0 Å². The van der Waals surface area contributed by atoms with Crippen LogP contribution in [0.2, 0.25) is 0 Å². The highest BCUT2D eigenvalue weighted by Crippen LogP contribution is 2.23. The number of likely N-dealkylation sites (tertiary alicyclic amines) is 1. The first-order valence-electron chi connectivity index (χ1n) is 13.1. The van der Waals surface area contributed by atoms with Crippen molar-refractivity contribution in [3.05, 3.63) is 71.8 Å². The summed E-state index contributed by atoms with van der Waals surface area (Å²) in [6.45, 7) is 4.47. The molecule has 2 aromatic carbocycles. The van der Waals surface area contributed by atoms with E-state index in [1.807, 2.05) is 74.5 Å². The predicted octanol–water partition coefficient (Wildman–Crippen LogP) is 2.32. The minimum Gasteiger partial charge on any atom is -0.459 e. The van der Waals surface area contributed by atoms with Crippen LogP contribution in [0.5, 0.6) is 0 Å². The summed E-state index contributed by atoms with van der Waals surface area (Å²) in [7, 11) is 0. The number of benzene rings is 2. The molecule has 3 N–H and O–H groups in total. The molecule has 0 unspecified atom stereocenters. The maximum Gasteiger partial charge on any atom is 0.329 e. The molecule has 0 aliphatic carbocycles. The summed E-state index contributed by atoms with van der Waals surface area (Å²) in [6.07, 6.45) is -0.345. The fraction of sp³-hybridized carbons (Fsp3) is 0.448. The average molecular weight is 524 g/mol. The highest BCUT2D eigenvalue weighted by molar-refractivity contribution is 5.93. The number of nitrogens with zero attached hydrogens (tertiary/aromatic N) is 1. The third kappa shape index (κ3) is 8.14. The van der Waals surface area contributed by atoms with Crippen LogP contribution in [0.15, 0.2) is 60.7 Å². The maximum absolute atomic E-state index is 13.5. The van der Waals surface area contributed by atoms with Crippen LogP contribution in [0.25, 0.3) is 0 Å². The van der Waals surface area contributed by atoms with Crippen LogP contribution in [-0.4, -0.2) is 58.4 Å². The second kappa shape index (κ2) is 14.3.